The number of benzene rings is 1. The smallest absolute Gasteiger partial charge is 0.419 e. The van der Waals surface area contributed by atoms with Crippen molar-refractivity contribution in [1.82, 2.24) is 0 Å². The molecule has 20 heavy (non-hydrogen) atoms. The van der Waals surface area contributed by atoms with E-state index in [1.165, 1.54) is 13.8 Å². The van der Waals surface area contributed by atoms with Crippen LogP contribution in [0.25, 0.3) is 0 Å². The van der Waals surface area contributed by atoms with Crippen LogP contribution in [0, 0.1) is 0 Å². The van der Waals surface area contributed by atoms with Crippen molar-refractivity contribution in [1.29, 1.82) is 0 Å². The normalized spacial score (nSPS) is 11.1. The van der Waals surface area contributed by atoms with E-state index in [2.05, 4.69) is 4.74 Å². The fourth-order valence-corrected chi connectivity index (χ4v) is 1.49. The van der Waals surface area contributed by atoms with Gasteiger partial charge in [-0.05, 0) is 32.0 Å². The van der Waals surface area contributed by atoms with Gasteiger partial charge in [-0.25, -0.2) is 4.79 Å². The minimum Gasteiger partial charge on any atom is -0.493 e. The van der Waals surface area contributed by atoms with Crippen LogP contribution in [-0.2, 0) is 15.7 Å². The van der Waals surface area contributed by atoms with Gasteiger partial charge in [0.15, 0.2) is 0 Å². The summed E-state index contributed by atoms with van der Waals surface area (Å²) in [7, 11) is 0. The van der Waals surface area contributed by atoms with Crippen LogP contribution >= 0.6 is 0 Å². The average molecular weight is 290 g/mol. The van der Waals surface area contributed by atoms with E-state index in [4.69, 9.17) is 4.74 Å². The molecule has 4 nitrogen and oxygen atoms in total. The molecule has 0 unspecified atom stereocenters. The second-order valence-electron chi connectivity index (χ2n) is 3.69. The lowest BCUT2D eigenvalue weighted by Crippen LogP contribution is -2.18. The van der Waals surface area contributed by atoms with Crippen molar-refractivity contribution in [2.75, 3.05) is 13.2 Å². The van der Waals surface area contributed by atoms with Crippen LogP contribution in [0.4, 0.5) is 13.2 Å². The highest BCUT2D eigenvalue weighted by atomic mass is 19.4. The average Bonchev–Trinajstić information content (AvgIpc) is 2.37. The topological polar surface area (TPSA) is 52.6 Å². The van der Waals surface area contributed by atoms with Gasteiger partial charge < -0.3 is 9.47 Å². The molecule has 7 heteroatoms. The summed E-state index contributed by atoms with van der Waals surface area (Å²) in [6.07, 6.45) is -4.60. The molecule has 1 aromatic rings. The maximum absolute atomic E-state index is 12.7. The van der Waals surface area contributed by atoms with Gasteiger partial charge in [-0.15, -0.1) is 0 Å². The SMILES string of the molecule is CCOC(=O)C(=O)c1ccc(C(F)(F)F)c(OCC)c1. The molecule has 1 rings (SSSR count). The summed E-state index contributed by atoms with van der Waals surface area (Å²) in [4.78, 5) is 22.9. The highest BCUT2D eigenvalue weighted by Gasteiger charge is 2.35. The van der Waals surface area contributed by atoms with Crippen molar-refractivity contribution in [2.45, 2.75) is 20.0 Å². The largest absolute Gasteiger partial charge is 0.493 e. The Morgan fingerprint density at radius 1 is 1.15 bits per heavy atom. The quantitative estimate of drug-likeness (QED) is 0.475. The molecule has 0 radical (unpaired) electrons. The number of halogens is 3. The Hall–Kier alpha value is -2.05. The molecule has 0 atom stereocenters. The van der Waals surface area contributed by atoms with Crippen molar-refractivity contribution in [2.24, 2.45) is 0 Å². The molecule has 0 aliphatic rings. The van der Waals surface area contributed by atoms with Gasteiger partial charge in [-0.2, -0.15) is 13.2 Å². The van der Waals surface area contributed by atoms with Crippen LogP contribution in [0.5, 0.6) is 5.75 Å². The number of esters is 1. The van der Waals surface area contributed by atoms with Crippen LogP contribution in [0.15, 0.2) is 18.2 Å². The minimum absolute atomic E-state index is 0.000129. The third-order valence-corrected chi connectivity index (χ3v) is 2.31. The summed E-state index contributed by atoms with van der Waals surface area (Å²) >= 11 is 0. The molecule has 0 saturated carbocycles. The number of Topliss-reactive ketones (excluding diaryl/α,β-unsaturated/α-hetero) is 1. The van der Waals surface area contributed by atoms with Crippen LogP contribution in [-0.4, -0.2) is 25.0 Å². The second kappa shape index (κ2) is 6.40. The lowest BCUT2D eigenvalue weighted by Gasteiger charge is -2.13. The fourth-order valence-electron chi connectivity index (χ4n) is 1.49. The van der Waals surface area contributed by atoms with Crippen molar-refractivity contribution in [3.8, 4) is 5.75 Å². The Morgan fingerprint density at radius 2 is 1.80 bits per heavy atom. The summed E-state index contributed by atoms with van der Waals surface area (Å²) in [6.45, 7) is 3.03. The van der Waals surface area contributed by atoms with E-state index in [-0.39, 0.29) is 18.8 Å². The third-order valence-electron chi connectivity index (χ3n) is 2.31. The van der Waals surface area contributed by atoms with E-state index in [0.29, 0.717) is 6.07 Å². The van der Waals surface area contributed by atoms with Gasteiger partial charge in [0.1, 0.15) is 5.75 Å². The summed E-state index contributed by atoms with van der Waals surface area (Å²) in [5, 5.41) is 0. The first-order chi connectivity index (χ1) is 9.31. The highest BCUT2D eigenvalue weighted by molar-refractivity contribution is 6.40. The number of rotatable bonds is 5. The number of alkyl halides is 3. The number of carbonyl (C=O) groups excluding carboxylic acids is 2. The van der Waals surface area contributed by atoms with Crippen molar-refractivity contribution in [3.05, 3.63) is 29.3 Å². The molecule has 0 N–H and O–H groups in total. The summed E-state index contributed by atoms with van der Waals surface area (Å²) in [5.74, 6) is -2.62. The molecule has 0 aliphatic carbocycles. The van der Waals surface area contributed by atoms with E-state index < -0.39 is 29.2 Å². The first-order valence-corrected chi connectivity index (χ1v) is 5.86. The third kappa shape index (κ3) is 3.72. The number of hydrogen-bond acceptors (Lipinski definition) is 4. The molecular formula is C13H13F3O4. The van der Waals surface area contributed by atoms with E-state index >= 15 is 0 Å². The van der Waals surface area contributed by atoms with Crippen LogP contribution in [0.3, 0.4) is 0 Å². The van der Waals surface area contributed by atoms with Gasteiger partial charge in [0.2, 0.25) is 0 Å². The standard InChI is InChI=1S/C13H13F3O4/c1-3-19-10-7-8(11(17)12(18)20-4-2)5-6-9(10)13(14,15)16/h5-7H,3-4H2,1-2H3. The van der Waals surface area contributed by atoms with E-state index in [9.17, 15) is 22.8 Å². The molecule has 0 bridgehead atoms. The number of carbonyl (C=O) groups is 2. The van der Waals surface area contributed by atoms with Crippen molar-refractivity contribution < 1.29 is 32.2 Å². The Kier molecular flexibility index (Phi) is 5.12. The minimum atomic E-state index is -4.60. The van der Waals surface area contributed by atoms with Crippen molar-refractivity contribution >= 4 is 11.8 Å². The summed E-state index contributed by atoms with van der Waals surface area (Å²) in [6, 6.07) is 2.52. The summed E-state index contributed by atoms with van der Waals surface area (Å²) in [5.41, 5.74) is -1.21. The van der Waals surface area contributed by atoms with Crippen LogP contribution in [0.2, 0.25) is 0 Å². The van der Waals surface area contributed by atoms with E-state index in [1.54, 1.807) is 0 Å². The molecule has 0 aliphatic heterocycles. The lowest BCUT2D eigenvalue weighted by atomic mass is 10.1. The summed E-state index contributed by atoms with van der Waals surface area (Å²) < 4.78 is 47.6. The van der Waals surface area contributed by atoms with Gasteiger partial charge in [0.05, 0.1) is 18.8 Å². The predicted octanol–water partition coefficient (Wildman–Crippen LogP) is 2.85. The molecule has 0 fully saturated rings. The first-order valence-electron chi connectivity index (χ1n) is 5.86. The maximum Gasteiger partial charge on any atom is 0.419 e. The van der Waals surface area contributed by atoms with Crippen LogP contribution < -0.4 is 4.74 Å². The Labute approximate surface area is 113 Å². The first kappa shape index (κ1) is 16.0. The fraction of sp³-hybridized carbons (Fsp3) is 0.385. The molecule has 1 aromatic carbocycles. The van der Waals surface area contributed by atoms with Gasteiger partial charge in [0, 0.05) is 5.56 Å². The molecule has 0 aromatic heterocycles. The van der Waals surface area contributed by atoms with E-state index in [1.807, 2.05) is 0 Å². The molecule has 0 saturated heterocycles. The Balaban J connectivity index is 3.16. The van der Waals surface area contributed by atoms with Crippen molar-refractivity contribution in [3.63, 3.8) is 0 Å². The van der Waals surface area contributed by atoms with Gasteiger partial charge in [0.25, 0.3) is 5.78 Å². The van der Waals surface area contributed by atoms with Gasteiger partial charge in [-0.1, -0.05) is 0 Å². The van der Waals surface area contributed by atoms with Gasteiger partial charge >= 0.3 is 12.1 Å². The molecule has 110 valence electrons. The zero-order valence-corrected chi connectivity index (χ0v) is 10.9. The number of ether oxygens (including phenoxy) is 2. The number of hydrogen-bond donors (Lipinski definition) is 0. The van der Waals surface area contributed by atoms with Crippen LogP contribution in [0.1, 0.15) is 29.8 Å². The lowest BCUT2D eigenvalue weighted by molar-refractivity contribution is -0.139. The molecular weight excluding hydrogens is 277 g/mol. The molecule has 0 heterocycles. The van der Waals surface area contributed by atoms with E-state index in [0.717, 1.165) is 12.1 Å². The highest BCUT2D eigenvalue weighted by Crippen LogP contribution is 2.36. The monoisotopic (exact) mass is 290 g/mol. The maximum atomic E-state index is 12.7. The Bertz CT molecular complexity index is 509. The second-order valence-corrected chi connectivity index (χ2v) is 3.69. The predicted molar refractivity (Wildman–Crippen MR) is 63.6 cm³/mol. The zero-order chi connectivity index (χ0) is 15.3. The molecule has 0 spiro atoms. The number of ketones is 1. The zero-order valence-electron chi connectivity index (χ0n) is 10.9. The van der Waals surface area contributed by atoms with Gasteiger partial charge in [-0.3, -0.25) is 4.79 Å². The molecule has 0 amide bonds. The Morgan fingerprint density at radius 3 is 2.30 bits per heavy atom.